The van der Waals surface area contributed by atoms with Gasteiger partial charge in [0.25, 0.3) is 0 Å². The molecule has 0 spiro atoms. The van der Waals surface area contributed by atoms with Gasteiger partial charge in [0, 0.05) is 20.2 Å². The Balaban J connectivity index is 2.27. The highest BCUT2D eigenvalue weighted by molar-refractivity contribution is 7.12. The van der Waals surface area contributed by atoms with Crippen LogP contribution in [0.3, 0.4) is 0 Å². The number of ether oxygens (including phenoxy) is 1. The lowest BCUT2D eigenvalue weighted by Gasteiger charge is -2.06. The summed E-state index contributed by atoms with van der Waals surface area (Å²) in [5.74, 6) is -1.08. The summed E-state index contributed by atoms with van der Waals surface area (Å²) < 4.78 is 4.80. The summed E-state index contributed by atoms with van der Waals surface area (Å²) in [7, 11) is 1.56. The Hall–Kier alpha value is -1.44. The average molecular weight is 272 g/mol. The molecular formula is C11H16N2O4S. The number of hydrogen-bond acceptors (Lipinski definition) is 5. The van der Waals surface area contributed by atoms with Crippen molar-refractivity contribution in [2.24, 2.45) is 0 Å². The third-order valence-corrected chi connectivity index (χ3v) is 3.12. The Labute approximate surface area is 109 Å². The van der Waals surface area contributed by atoms with Gasteiger partial charge in [-0.25, -0.2) is 4.79 Å². The number of carbonyl (C=O) groups is 2. The van der Waals surface area contributed by atoms with Crippen LogP contribution in [0.1, 0.15) is 15.2 Å². The molecule has 0 saturated carbocycles. The van der Waals surface area contributed by atoms with Crippen molar-refractivity contribution in [2.75, 3.05) is 26.8 Å². The molecule has 0 saturated heterocycles. The summed E-state index contributed by atoms with van der Waals surface area (Å²) in [6.45, 7) is 1.46. The summed E-state index contributed by atoms with van der Waals surface area (Å²) in [6, 6.07) is 1.74. The van der Waals surface area contributed by atoms with Gasteiger partial charge in [-0.05, 0) is 17.0 Å². The fourth-order valence-electron chi connectivity index (χ4n) is 1.33. The van der Waals surface area contributed by atoms with E-state index in [1.54, 1.807) is 18.6 Å². The Morgan fingerprint density at radius 3 is 2.94 bits per heavy atom. The predicted octanol–water partition coefficient (Wildman–Crippen LogP) is 0.299. The topological polar surface area (TPSA) is 87.7 Å². The largest absolute Gasteiger partial charge is 0.477 e. The van der Waals surface area contributed by atoms with E-state index in [9.17, 15) is 9.59 Å². The molecule has 0 aliphatic carbocycles. The minimum atomic E-state index is -0.939. The number of amides is 1. The van der Waals surface area contributed by atoms with Gasteiger partial charge in [0.05, 0.1) is 13.2 Å². The maximum Gasteiger partial charge on any atom is 0.346 e. The second-order valence-corrected chi connectivity index (χ2v) is 4.44. The normalized spacial score (nSPS) is 10.3. The molecular weight excluding hydrogens is 256 g/mol. The Bertz CT molecular complexity index is 406. The van der Waals surface area contributed by atoms with Crippen LogP contribution in [-0.4, -0.2) is 43.8 Å². The fourth-order valence-corrected chi connectivity index (χ4v) is 2.09. The van der Waals surface area contributed by atoms with Gasteiger partial charge >= 0.3 is 5.97 Å². The van der Waals surface area contributed by atoms with Gasteiger partial charge in [0.15, 0.2) is 0 Å². The van der Waals surface area contributed by atoms with E-state index in [1.165, 1.54) is 11.3 Å². The van der Waals surface area contributed by atoms with Gasteiger partial charge in [-0.2, -0.15) is 0 Å². The highest BCUT2D eigenvalue weighted by Gasteiger charge is 2.11. The molecule has 0 bridgehead atoms. The third-order valence-electron chi connectivity index (χ3n) is 2.17. The minimum absolute atomic E-state index is 0.140. The van der Waals surface area contributed by atoms with Gasteiger partial charge in [-0.1, -0.05) is 0 Å². The van der Waals surface area contributed by atoms with Gasteiger partial charge in [0.2, 0.25) is 5.91 Å². The van der Waals surface area contributed by atoms with E-state index in [-0.39, 0.29) is 12.5 Å². The highest BCUT2D eigenvalue weighted by Crippen LogP contribution is 2.16. The number of carboxylic acids is 1. The van der Waals surface area contributed by atoms with E-state index >= 15 is 0 Å². The van der Waals surface area contributed by atoms with Crippen molar-refractivity contribution in [2.45, 2.75) is 6.54 Å². The van der Waals surface area contributed by atoms with E-state index in [0.29, 0.717) is 30.1 Å². The van der Waals surface area contributed by atoms with Crippen molar-refractivity contribution in [3.8, 4) is 0 Å². The molecule has 0 fully saturated rings. The summed E-state index contributed by atoms with van der Waals surface area (Å²) in [6.07, 6.45) is 0. The van der Waals surface area contributed by atoms with Gasteiger partial charge in [-0.3, -0.25) is 4.79 Å². The van der Waals surface area contributed by atoms with Crippen LogP contribution in [0.5, 0.6) is 0 Å². The molecule has 6 nitrogen and oxygen atoms in total. The van der Waals surface area contributed by atoms with Crippen LogP contribution >= 0.6 is 11.3 Å². The number of methoxy groups -OCH3 is 1. The van der Waals surface area contributed by atoms with Crippen molar-refractivity contribution in [1.82, 2.24) is 10.6 Å². The molecule has 1 heterocycles. The van der Waals surface area contributed by atoms with E-state index in [1.807, 2.05) is 0 Å². The zero-order valence-corrected chi connectivity index (χ0v) is 10.9. The lowest BCUT2D eigenvalue weighted by molar-refractivity contribution is -0.120. The quantitative estimate of drug-likeness (QED) is 0.592. The Morgan fingerprint density at radius 2 is 2.28 bits per heavy atom. The summed E-state index contributed by atoms with van der Waals surface area (Å²) in [5.41, 5.74) is 0.692. The van der Waals surface area contributed by atoms with E-state index in [0.717, 1.165) is 0 Å². The smallest absolute Gasteiger partial charge is 0.346 e. The summed E-state index contributed by atoms with van der Waals surface area (Å²) in [5, 5.41) is 16.2. The van der Waals surface area contributed by atoms with Gasteiger partial charge < -0.3 is 20.5 Å². The van der Waals surface area contributed by atoms with Crippen LogP contribution in [0.15, 0.2) is 11.4 Å². The number of rotatable bonds is 8. The predicted molar refractivity (Wildman–Crippen MR) is 67.9 cm³/mol. The first-order valence-corrected chi connectivity index (χ1v) is 6.29. The molecule has 0 atom stereocenters. The maximum atomic E-state index is 11.3. The lowest BCUT2D eigenvalue weighted by Crippen LogP contribution is -2.35. The molecule has 100 valence electrons. The molecule has 0 aromatic carbocycles. The Morgan fingerprint density at radius 1 is 1.50 bits per heavy atom. The van der Waals surface area contributed by atoms with Crippen LogP contribution in [0, 0.1) is 0 Å². The maximum absolute atomic E-state index is 11.3. The van der Waals surface area contributed by atoms with E-state index < -0.39 is 5.97 Å². The number of carboxylic acid groups (broad SMARTS) is 1. The number of thiophene rings is 1. The van der Waals surface area contributed by atoms with Crippen molar-refractivity contribution in [3.63, 3.8) is 0 Å². The molecule has 0 aliphatic heterocycles. The second-order valence-electron chi connectivity index (χ2n) is 3.53. The second kappa shape index (κ2) is 7.80. The van der Waals surface area contributed by atoms with Crippen LogP contribution in [-0.2, 0) is 16.1 Å². The third kappa shape index (κ3) is 4.82. The molecule has 0 aliphatic rings. The molecule has 18 heavy (non-hydrogen) atoms. The van der Waals surface area contributed by atoms with Crippen LogP contribution in [0.4, 0.5) is 0 Å². The standard InChI is InChI=1S/C11H16N2O4S/c1-17-4-3-13-9(14)7-12-6-8-2-5-18-10(8)11(15)16/h2,5,12H,3-4,6-7H2,1H3,(H,13,14)(H,15,16). The monoisotopic (exact) mass is 272 g/mol. The molecule has 1 rings (SSSR count). The SMILES string of the molecule is COCCNC(=O)CNCc1ccsc1C(=O)O. The van der Waals surface area contributed by atoms with Crippen LogP contribution in [0.2, 0.25) is 0 Å². The molecule has 0 unspecified atom stereocenters. The van der Waals surface area contributed by atoms with E-state index in [2.05, 4.69) is 10.6 Å². The summed E-state index contributed by atoms with van der Waals surface area (Å²) in [4.78, 5) is 22.5. The molecule has 3 N–H and O–H groups in total. The fraction of sp³-hybridized carbons (Fsp3) is 0.455. The van der Waals surface area contributed by atoms with Crippen molar-refractivity contribution >= 4 is 23.2 Å². The van der Waals surface area contributed by atoms with Crippen LogP contribution < -0.4 is 10.6 Å². The number of hydrogen-bond donors (Lipinski definition) is 3. The van der Waals surface area contributed by atoms with Gasteiger partial charge in [-0.15, -0.1) is 11.3 Å². The summed E-state index contributed by atoms with van der Waals surface area (Å²) >= 11 is 1.18. The zero-order chi connectivity index (χ0) is 13.4. The molecule has 1 aromatic heterocycles. The number of nitrogens with one attached hydrogen (secondary N) is 2. The van der Waals surface area contributed by atoms with Crippen molar-refractivity contribution in [1.29, 1.82) is 0 Å². The first kappa shape index (κ1) is 14.6. The van der Waals surface area contributed by atoms with Crippen molar-refractivity contribution < 1.29 is 19.4 Å². The van der Waals surface area contributed by atoms with Gasteiger partial charge in [0.1, 0.15) is 4.88 Å². The average Bonchev–Trinajstić information content (AvgIpc) is 2.78. The van der Waals surface area contributed by atoms with Crippen LogP contribution in [0.25, 0.3) is 0 Å². The van der Waals surface area contributed by atoms with Crippen molar-refractivity contribution in [3.05, 3.63) is 21.9 Å². The number of carbonyl (C=O) groups excluding carboxylic acids is 1. The number of aromatic carboxylic acids is 1. The molecule has 0 radical (unpaired) electrons. The molecule has 7 heteroatoms. The minimum Gasteiger partial charge on any atom is -0.477 e. The zero-order valence-electron chi connectivity index (χ0n) is 10.1. The first-order valence-electron chi connectivity index (χ1n) is 5.41. The molecule has 1 aromatic rings. The van der Waals surface area contributed by atoms with E-state index in [4.69, 9.17) is 9.84 Å². The first-order chi connectivity index (χ1) is 8.65. The highest BCUT2D eigenvalue weighted by atomic mass is 32.1. The Kier molecular flexibility index (Phi) is 6.34. The molecule has 1 amide bonds. The lowest BCUT2D eigenvalue weighted by atomic mass is 10.2.